The van der Waals surface area contributed by atoms with Crippen molar-refractivity contribution in [1.82, 2.24) is 4.31 Å². The van der Waals surface area contributed by atoms with Crippen LogP contribution in [-0.2, 0) is 30.2 Å². The Hall–Kier alpha value is -0.660. The highest BCUT2D eigenvalue weighted by atomic mass is 32.2. The molecule has 0 radical (unpaired) electrons. The Balaban J connectivity index is 5.31. The third-order valence-corrected chi connectivity index (χ3v) is 5.53. The summed E-state index contributed by atoms with van der Waals surface area (Å²) in [4.78, 5) is 0. The second-order valence-corrected chi connectivity index (χ2v) is 7.58. The van der Waals surface area contributed by atoms with E-state index in [1.165, 1.54) is 0 Å². The van der Waals surface area contributed by atoms with Gasteiger partial charge >= 0.3 is 5.51 Å². The van der Waals surface area contributed by atoms with Crippen molar-refractivity contribution in [3.63, 3.8) is 0 Å². The van der Waals surface area contributed by atoms with Gasteiger partial charge in [-0.2, -0.15) is 25.9 Å². The minimum Gasteiger partial charge on any atom is -0.218 e. The van der Waals surface area contributed by atoms with Crippen molar-refractivity contribution in [2.45, 2.75) is 5.51 Å². The Morgan fingerprint density at radius 1 is 1.18 bits per heavy atom. The maximum absolute atomic E-state index is 11.9. The summed E-state index contributed by atoms with van der Waals surface area (Å²) >= 11 is 0. The minimum absolute atomic E-state index is 0.244. The average Bonchev–Trinajstić information content (AvgIpc) is 1.97. The molecule has 0 fully saturated rings. The Morgan fingerprint density at radius 3 is 1.88 bits per heavy atom. The summed E-state index contributed by atoms with van der Waals surface area (Å²) in [5.74, 6) is -1.90. The zero-order chi connectivity index (χ0) is 14.1. The van der Waals surface area contributed by atoms with Gasteiger partial charge in [0.15, 0.2) is 4.70 Å². The van der Waals surface area contributed by atoms with Crippen LogP contribution >= 0.6 is 0 Å². The molecule has 0 heterocycles. The van der Waals surface area contributed by atoms with Gasteiger partial charge in [-0.25, -0.2) is 16.8 Å². The quantitative estimate of drug-likeness (QED) is 0.602. The first kappa shape index (κ1) is 16.3. The third kappa shape index (κ3) is 4.61. The summed E-state index contributed by atoms with van der Waals surface area (Å²) < 4.78 is 98.4. The Kier molecular flexibility index (Phi) is 4.72. The van der Waals surface area contributed by atoms with E-state index in [0.29, 0.717) is 7.05 Å². The lowest BCUT2D eigenvalue weighted by molar-refractivity contribution is -0.0440. The van der Waals surface area contributed by atoms with Crippen LogP contribution in [-0.4, -0.2) is 52.7 Å². The maximum atomic E-state index is 11.9. The molecular weight excluding hydrogens is 311 g/mol. The molecule has 0 aliphatic rings. The van der Waals surface area contributed by atoms with Gasteiger partial charge in [0, 0.05) is 7.05 Å². The Morgan fingerprint density at radius 2 is 1.59 bits per heavy atom. The molecule has 0 aromatic rings. The molecule has 0 unspecified atom stereocenters. The number of hydrogen-bond acceptors (Lipinski definition) is 6. The van der Waals surface area contributed by atoms with Crippen LogP contribution in [0.1, 0.15) is 0 Å². The number of halogens is 3. The van der Waals surface area contributed by atoms with E-state index in [4.69, 9.17) is 0 Å². The molecule has 0 saturated heterocycles. The molecule has 0 aromatic heterocycles. The molecule has 7 nitrogen and oxygen atoms in total. The lowest BCUT2D eigenvalue weighted by atomic mass is 11.2. The Labute approximate surface area is 96.3 Å². The summed E-state index contributed by atoms with van der Waals surface area (Å²) in [6.45, 7) is 0. The lowest BCUT2D eigenvalue weighted by Crippen LogP contribution is -2.38. The highest BCUT2D eigenvalue weighted by Crippen LogP contribution is 2.24. The smallest absolute Gasteiger partial charge is 0.218 e. The molecule has 102 valence electrons. The van der Waals surface area contributed by atoms with Crippen LogP contribution in [0.5, 0.6) is 0 Å². The molecule has 0 aromatic carbocycles. The molecule has 0 atom stereocenters. The zero-order valence-corrected chi connectivity index (χ0v) is 10.5. The van der Waals surface area contributed by atoms with Crippen molar-refractivity contribution in [1.29, 1.82) is 0 Å². The zero-order valence-electron chi connectivity index (χ0n) is 8.04. The van der Waals surface area contributed by atoms with Crippen molar-refractivity contribution in [3.05, 3.63) is 0 Å². The molecule has 17 heavy (non-hydrogen) atoms. The Bertz CT molecular complexity index is 604. The lowest BCUT2D eigenvalue weighted by Gasteiger charge is -2.15. The van der Waals surface area contributed by atoms with Gasteiger partial charge in [0.1, 0.15) is 5.88 Å². The van der Waals surface area contributed by atoms with Crippen LogP contribution < -0.4 is 0 Å². The number of nitrogens with zero attached hydrogens (tertiary/aromatic N) is 1. The monoisotopic (exact) mass is 317 g/mol. The summed E-state index contributed by atoms with van der Waals surface area (Å²) in [5.41, 5.74) is -5.62. The molecule has 0 aliphatic carbocycles. The van der Waals surface area contributed by atoms with Crippen LogP contribution in [0, 0.1) is 0 Å². The van der Waals surface area contributed by atoms with Crippen LogP contribution in [0.25, 0.3) is 0 Å². The van der Waals surface area contributed by atoms with Crippen molar-refractivity contribution in [3.8, 4) is 0 Å². The van der Waals surface area contributed by atoms with Gasteiger partial charge in [0.05, 0.1) is 0 Å². The number of alkyl halides is 3. The SMILES string of the molecule is CN(CS(=O)(=O)C(F)(F)F)S(=O)(=O)C=S(=O)=O. The number of sulfonamides is 1. The van der Waals surface area contributed by atoms with Crippen LogP contribution in [0.4, 0.5) is 13.2 Å². The van der Waals surface area contributed by atoms with E-state index in [1.54, 1.807) is 0 Å². The van der Waals surface area contributed by atoms with E-state index in [9.17, 15) is 38.4 Å². The average molecular weight is 317 g/mol. The van der Waals surface area contributed by atoms with E-state index < -0.39 is 41.5 Å². The molecule has 0 amide bonds. The standard InChI is InChI=1S/C4H6F3NO6S3/c1-8(17(13,14)3-15(9)10)2-16(11,12)4(5,6)7/h3H,2H2,1H3. The summed E-state index contributed by atoms with van der Waals surface area (Å²) in [7, 11) is -13.1. The van der Waals surface area contributed by atoms with E-state index in [1.807, 2.05) is 0 Å². The summed E-state index contributed by atoms with van der Waals surface area (Å²) in [6.07, 6.45) is 0. The van der Waals surface area contributed by atoms with E-state index in [2.05, 4.69) is 0 Å². The maximum Gasteiger partial charge on any atom is 0.498 e. The van der Waals surface area contributed by atoms with Gasteiger partial charge in [-0.15, -0.1) is 0 Å². The topological polar surface area (TPSA) is 106 Å². The van der Waals surface area contributed by atoms with Crippen LogP contribution in [0.3, 0.4) is 0 Å². The largest absolute Gasteiger partial charge is 0.498 e. The second-order valence-electron chi connectivity index (χ2n) is 2.69. The first-order valence-corrected chi connectivity index (χ1v) is 7.77. The fourth-order valence-corrected chi connectivity index (χ4v) is 3.57. The molecule has 0 saturated carbocycles. The fourth-order valence-electron chi connectivity index (χ4n) is 0.559. The molecule has 13 heteroatoms. The predicted octanol–water partition coefficient (Wildman–Crippen LogP) is -1.22. The van der Waals surface area contributed by atoms with Gasteiger partial charge in [-0.3, -0.25) is 0 Å². The van der Waals surface area contributed by atoms with Gasteiger partial charge in [0.2, 0.25) is 10.3 Å². The highest BCUT2D eigenvalue weighted by Gasteiger charge is 2.47. The first-order chi connectivity index (χ1) is 7.29. The highest BCUT2D eigenvalue weighted by molar-refractivity contribution is 8.11. The molecule has 0 aliphatic heterocycles. The number of sulfone groups is 1. The fraction of sp³-hybridized carbons (Fsp3) is 0.750. The van der Waals surface area contributed by atoms with Gasteiger partial charge in [0.25, 0.3) is 19.9 Å². The minimum atomic E-state index is -5.69. The summed E-state index contributed by atoms with van der Waals surface area (Å²) in [5, 5.41) is 0. The molecular formula is C4H6F3NO6S3. The normalized spacial score (nSPS) is 13.7. The van der Waals surface area contributed by atoms with Gasteiger partial charge < -0.3 is 0 Å². The van der Waals surface area contributed by atoms with E-state index in [0.717, 1.165) is 0 Å². The van der Waals surface area contributed by atoms with Crippen molar-refractivity contribution in [2.75, 3.05) is 12.9 Å². The van der Waals surface area contributed by atoms with E-state index >= 15 is 0 Å². The molecule has 0 spiro atoms. The van der Waals surface area contributed by atoms with Crippen molar-refractivity contribution < 1.29 is 38.4 Å². The third-order valence-electron chi connectivity index (χ3n) is 1.34. The van der Waals surface area contributed by atoms with Gasteiger partial charge in [-0.1, -0.05) is 0 Å². The van der Waals surface area contributed by atoms with Crippen LogP contribution in [0.2, 0.25) is 0 Å². The van der Waals surface area contributed by atoms with Crippen molar-refractivity contribution >= 4 is 34.9 Å². The number of rotatable bonds is 4. The second kappa shape index (κ2) is 4.91. The first-order valence-electron chi connectivity index (χ1n) is 3.48. The van der Waals surface area contributed by atoms with E-state index in [-0.39, 0.29) is 9.00 Å². The van der Waals surface area contributed by atoms with Crippen molar-refractivity contribution in [2.24, 2.45) is 0 Å². The number of hydrogen-bond donors (Lipinski definition) is 0. The molecule has 0 N–H and O–H groups in total. The predicted molar refractivity (Wildman–Crippen MR) is 51.5 cm³/mol. The van der Waals surface area contributed by atoms with Gasteiger partial charge in [-0.05, 0) is 0 Å². The van der Waals surface area contributed by atoms with Crippen LogP contribution in [0.15, 0.2) is 0 Å². The molecule has 0 rings (SSSR count). The summed E-state index contributed by atoms with van der Waals surface area (Å²) in [6, 6.07) is 0. The molecule has 0 bridgehead atoms.